The maximum Gasteiger partial charge on any atom is 0.338 e. The molecule has 1 N–H and O–H groups in total. The molecule has 0 spiro atoms. The van der Waals surface area contributed by atoms with Crippen molar-refractivity contribution in [3.63, 3.8) is 0 Å². The number of nitrogens with zero attached hydrogens (tertiary/aromatic N) is 1. The number of halogens is 1. The number of hydrogen-bond acceptors (Lipinski definition) is 5. The highest BCUT2D eigenvalue weighted by atomic mass is 32.2. The predicted octanol–water partition coefficient (Wildman–Crippen LogP) is 1.24. The molecule has 23 heavy (non-hydrogen) atoms. The molecule has 1 saturated heterocycles. The van der Waals surface area contributed by atoms with Gasteiger partial charge in [-0.2, -0.15) is 4.31 Å². The molecule has 1 aliphatic rings. The molecule has 2 rings (SSSR count). The van der Waals surface area contributed by atoms with Crippen molar-refractivity contribution in [2.75, 3.05) is 13.2 Å². The summed E-state index contributed by atoms with van der Waals surface area (Å²) in [5, 5.41) is 9.11. The fourth-order valence-electron chi connectivity index (χ4n) is 2.45. The van der Waals surface area contributed by atoms with Crippen molar-refractivity contribution in [1.82, 2.24) is 4.31 Å². The number of carbonyl (C=O) groups excluding carboxylic acids is 1. The molecule has 0 bridgehead atoms. The number of rotatable bonds is 5. The molecule has 0 unspecified atom stereocenters. The number of esters is 1. The fourth-order valence-corrected chi connectivity index (χ4v) is 4.16. The number of hydrogen-bond donors (Lipinski definition) is 1. The number of ether oxygens (including phenoxy) is 1. The smallest absolute Gasteiger partial charge is 0.338 e. The Morgan fingerprint density at radius 2 is 2.09 bits per heavy atom. The van der Waals surface area contributed by atoms with Crippen LogP contribution < -0.4 is 0 Å². The summed E-state index contributed by atoms with van der Waals surface area (Å²) in [6, 6.07) is 1.44. The predicted molar refractivity (Wildman–Crippen MR) is 76.9 cm³/mol. The van der Waals surface area contributed by atoms with E-state index in [-0.39, 0.29) is 25.1 Å². The molecule has 0 amide bonds. The first kappa shape index (κ1) is 17.4. The van der Waals surface area contributed by atoms with Crippen molar-refractivity contribution in [2.24, 2.45) is 0 Å². The van der Waals surface area contributed by atoms with Crippen LogP contribution in [0.1, 0.15) is 30.1 Å². The number of carbonyl (C=O) groups is 2. The van der Waals surface area contributed by atoms with E-state index in [1.807, 2.05) is 0 Å². The molecule has 1 aromatic carbocycles. The molecule has 1 aliphatic heterocycles. The zero-order chi connectivity index (χ0) is 17.2. The van der Waals surface area contributed by atoms with Crippen LogP contribution in [0.4, 0.5) is 4.39 Å². The third kappa shape index (κ3) is 3.50. The van der Waals surface area contributed by atoms with Gasteiger partial charge in [-0.1, -0.05) is 0 Å². The van der Waals surface area contributed by atoms with Crippen LogP contribution in [0.25, 0.3) is 0 Å². The minimum absolute atomic E-state index is 0.0323. The second-order valence-corrected chi connectivity index (χ2v) is 6.90. The van der Waals surface area contributed by atoms with E-state index >= 15 is 0 Å². The number of benzene rings is 1. The van der Waals surface area contributed by atoms with Crippen LogP contribution >= 0.6 is 0 Å². The normalized spacial score (nSPS) is 18.8. The van der Waals surface area contributed by atoms with E-state index < -0.39 is 38.7 Å². The first-order valence-electron chi connectivity index (χ1n) is 6.99. The van der Waals surface area contributed by atoms with Crippen LogP contribution in [0, 0.1) is 5.82 Å². The van der Waals surface area contributed by atoms with E-state index in [1.54, 1.807) is 6.92 Å². The summed E-state index contributed by atoms with van der Waals surface area (Å²) in [4.78, 5) is 22.4. The Kier molecular flexibility index (Phi) is 5.00. The average Bonchev–Trinajstić information content (AvgIpc) is 2.97. The lowest BCUT2D eigenvalue weighted by atomic mass is 10.2. The van der Waals surface area contributed by atoms with E-state index in [0.717, 1.165) is 22.5 Å². The van der Waals surface area contributed by atoms with E-state index in [1.165, 1.54) is 0 Å². The summed E-state index contributed by atoms with van der Waals surface area (Å²) in [6.45, 7) is 1.66. The molecule has 1 heterocycles. The van der Waals surface area contributed by atoms with Gasteiger partial charge in [0.25, 0.3) is 0 Å². The van der Waals surface area contributed by atoms with Crippen molar-refractivity contribution in [3.05, 3.63) is 29.6 Å². The van der Waals surface area contributed by atoms with Crippen LogP contribution in [-0.2, 0) is 19.6 Å². The maximum absolute atomic E-state index is 13.7. The zero-order valence-corrected chi connectivity index (χ0v) is 13.2. The number of aliphatic carboxylic acids is 1. The minimum atomic E-state index is -4.22. The molecule has 7 nitrogen and oxygen atoms in total. The third-order valence-electron chi connectivity index (χ3n) is 3.48. The topological polar surface area (TPSA) is 101 Å². The molecule has 0 saturated carbocycles. The van der Waals surface area contributed by atoms with Gasteiger partial charge in [0.15, 0.2) is 0 Å². The van der Waals surface area contributed by atoms with Crippen LogP contribution in [0.5, 0.6) is 0 Å². The SMILES string of the molecule is CCOC(=O)c1cc(F)cc(S(=O)(=O)N2CCC[C@@H]2C(=O)O)c1. The van der Waals surface area contributed by atoms with Gasteiger partial charge >= 0.3 is 11.9 Å². The van der Waals surface area contributed by atoms with Crippen molar-refractivity contribution in [3.8, 4) is 0 Å². The third-order valence-corrected chi connectivity index (χ3v) is 5.36. The fraction of sp³-hybridized carbons (Fsp3) is 0.429. The summed E-state index contributed by atoms with van der Waals surface area (Å²) in [5.74, 6) is -3.02. The van der Waals surface area contributed by atoms with Gasteiger partial charge in [-0.25, -0.2) is 17.6 Å². The van der Waals surface area contributed by atoms with Gasteiger partial charge in [0, 0.05) is 6.54 Å². The Hall–Kier alpha value is -2.00. The second kappa shape index (κ2) is 6.63. The molecular weight excluding hydrogens is 329 g/mol. The van der Waals surface area contributed by atoms with Gasteiger partial charge in [-0.05, 0) is 38.0 Å². The molecule has 0 radical (unpaired) electrons. The Balaban J connectivity index is 2.44. The molecule has 1 atom stereocenters. The number of sulfonamides is 1. The first-order chi connectivity index (χ1) is 10.8. The summed E-state index contributed by atoms with van der Waals surface area (Å²) in [6.07, 6.45) is 0.588. The highest BCUT2D eigenvalue weighted by molar-refractivity contribution is 7.89. The summed E-state index contributed by atoms with van der Waals surface area (Å²) < 4.78 is 44.4. The Bertz CT molecular complexity index is 733. The zero-order valence-electron chi connectivity index (χ0n) is 12.4. The average molecular weight is 345 g/mol. The molecule has 1 aromatic rings. The van der Waals surface area contributed by atoms with Gasteiger partial charge in [0.2, 0.25) is 10.0 Å². The van der Waals surface area contributed by atoms with E-state index in [0.29, 0.717) is 6.42 Å². The molecule has 0 aliphatic carbocycles. The van der Waals surface area contributed by atoms with Crippen LogP contribution in [0.2, 0.25) is 0 Å². The Labute approximate surface area is 132 Å². The largest absolute Gasteiger partial charge is 0.480 e. The van der Waals surface area contributed by atoms with Gasteiger partial charge in [-0.15, -0.1) is 0 Å². The minimum Gasteiger partial charge on any atom is -0.480 e. The molecule has 1 fully saturated rings. The molecule has 9 heteroatoms. The Morgan fingerprint density at radius 3 is 2.70 bits per heavy atom. The Morgan fingerprint density at radius 1 is 1.39 bits per heavy atom. The van der Waals surface area contributed by atoms with E-state index in [9.17, 15) is 22.4 Å². The van der Waals surface area contributed by atoms with E-state index in [2.05, 4.69) is 0 Å². The molecule has 126 valence electrons. The van der Waals surface area contributed by atoms with Crippen molar-refractivity contribution in [1.29, 1.82) is 0 Å². The lowest BCUT2D eigenvalue weighted by Gasteiger charge is -2.21. The number of carboxylic acids is 1. The summed E-state index contributed by atoms with van der Waals surface area (Å²) >= 11 is 0. The lowest BCUT2D eigenvalue weighted by molar-refractivity contribution is -0.140. The van der Waals surface area contributed by atoms with Crippen molar-refractivity contribution in [2.45, 2.75) is 30.7 Å². The summed E-state index contributed by atoms with van der Waals surface area (Å²) in [7, 11) is -4.22. The highest BCUT2D eigenvalue weighted by Crippen LogP contribution is 2.27. The maximum atomic E-state index is 13.7. The quantitative estimate of drug-likeness (QED) is 0.806. The van der Waals surface area contributed by atoms with Gasteiger partial charge < -0.3 is 9.84 Å². The van der Waals surface area contributed by atoms with Crippen LogP contribution in [0.3, 0.4) is 0 Å². The monoisotopic (exact) mass is 345 g/mol. The molecule has 0 aromatic heterocycles. The first-order valence-corrected chi connectivity index (χ1v) is 8.43. The molecular formula is C14H16FNO6S. The second-order valence-electron chi connectivity index (χ2n) is 5.01. The number of carboxylic acid groups (broad SMARTS) is 1. The van der Waals surface area contributed by atoms with Gasteiger partial charge in [0.05, 0.1) is 17.1 Å². The van der Waals surface area contributed by atoms with E-state index in [4.69, 9.17) is 9.84 Å². The van der Waals surface area contributed by atoms with Gasteiger partial charge in [-0.3, -0.25) is 4.79 Å². The van der Waals surface area contributed by atoms with Crippen molar-refractivity contribution >= 4 is 22.0 Å². The highest BCUT2D eigenvalue weighted by Gasteiger charge is 2.39. The van der Waals surface area contributed by atoms with Crippen molar-refractivity contribution < 1.29 is 32.2 Å². The van der Waals surface area contributed by atoms with Gasteiger partial charge in [0.1, 0.15) is 11.9 Å². The van der Waals surface area contributed by atoms with Crippen LogP contribution in [-0.4, -0.2) is 49.0 Å². The standard InChI is InChI=1S/C14H16FNO6S/c1-2-22-14(19)9-6-10(15)8-11(7-9)23(20,21)16-5-3-4-12(16)13(17)18/h6-8,12H,2-5H2,1H3,(H,17,18)/t12-/m1/s1. The lowest BCUT2D eigenvalue weighted by Crippen LogP contribution is -2.40. The summed E-state index contributed by atoms with van der Waals surface area (Å²) in [5.41, 5.74) is -0.239. The van der Waals surface area contributed by atoms with Crippen LogP contribution in [0.15, 0.2) is 23.1 Å².